The number of amides is 3. The van der Waals surface area contributed by atoms with Crippen molar-refractivity contribution in [2.24, 2.45) is 16.5 Å². The van der Waals surface area contributed by atoms with Gasteiger partial charge in [0.1, 0.15) is 5.75 Å². The zero-order valence-electron chi connectivity index (χ0n) is 35.2. The van der Waals surface area contributed by atoms with Crippen LogP contribution in [-0.4, -0.2) is 167 Å². The zero-order valence-corrected chi connectivity index (χ0v) is 36.0. The van der Waals surface area contributed by atoms with Crippen LogP contribution in [0.15, 0.2) is 51.9 Å². The summed E-state index contributed by atoms with van der Waals surface area (Å²) in [6.45, 7) is 7.18. The number of ether oxygens (including phenoxy) is 8. The summed E-state index contributed by atoms with van der Waals surface area (Å²) in [6.07, 6.45) is -2.65. The summed E-state index contributed by atoms with van der Waals surface area (Å²) in [5.41, 5.74) is 10.4. The lowest BCUT2D eigenvalue weighted by Crippen LogP contribution is -2.50. The van der Waals surface area contributed by atoms with E-state index in [0.717, 1.165) is 12.1 Å². The van der Waals surface area contributed by atoms with E-state index in [-0.39, 0.29) is 87.7 Å². The summed E-state index contributed by atoms with van der Waals surface area (Å²) in [6, 6.07) is 6.78. The largest absolute Gasteiger partial charge is 0.451 e. The van der Waals surface area contributed by atoms with Gasteiger partial charge in [0, 0.05) is 31.8 Å². The third-order valence-corrected chi connectivity index (χ3v) is 9.33. The second kappa shape index (κ2) is 31.2. The van der Waals surface area contributed by atoms with Crippen molar-refractivity contribution >= 4 is 39.8 Å². The first-order valence-corrected chi connectivity index (χ1v) is 21.2. The second-order valence-corrected chi connectivity index (χ2v) is 14.6. The van der Waals surface area contributed by atoms with Crippen LogP contribution in [0, 0.1) is 11.6 Å². The van der Waals surface area contributed by atoms with Crippen molar-refractivity contribution in [3.05, 3.63) is 59.2 Å². The van der Waals surface area contributed by atoms with Gasteiger partial charge in [-0.2, -0.15) is 4.99 Å². The molecule has 2 aromatic carbocycles. The van der Waals surface area contributed by atoms with E-state index in [1.54, 1.807) is 6.92 Å². The van der Waals surface area contributed by atoms with Crippen LogP contribution >= 0.6 is 0 Å². The lowest BCUT2D eigenvalue weighted by molar-refractivity contribution is -0.146. The number of halogens is 2. The lowest BCUT2D eigenvalue weighted by atomic mass is 10.1. The number of aliphatic imine (C=N–C) groups is 1. The molecule has 0 heterocycles. The Kier molecular flexibility index (Phi) is 26.9. The predicted octanol–water partition coefficient (Wildman–Crippen LogP) is -0.671. The highest BCUT2D eigenvalue weighted by Gasteiger charge is 2.29. The molecule has 0 aromatic heterocycles. The summed E-state index contributed by atoms with van der Waals surface area (Å²) in [5, 5.41) is 24.4. The molecular weight excluding hydrogens is 863 g/mol. The number of sulfonamides is 1. The lowest BCUT2D eigenvalue weighted by Gasteiger charge is -2.17. The molecule has 0 spiro atoms. The summed E-state index contributed by atoms with van der Waals surface area (Å²) in [7, 11) is -3.93. The van der Waals surface area contributed by atoms with Gasteiger partial charge < -0.3 is 70.2 Å². The van der Waals surface area contributed by atoms with Crippen LogP contribution in [0.25, 0.3) is 6.08 Å². The van der Waals surface area contributed by atoms with Crippen molar-refractivity contribution in [3.8, 4) is 11.5 Å². The monoisotopic (exact) mass is 920 g/mol. The highest BCUT2D eigenvalue weighted by Crippen LogP contribution is 2.30. The molecule has 2 rings (SSSR count). The second-order valence-electron chi connectivity index (χ2n) is 12.8. The van der Waals surface area contributed by atoms with Crippen LogP contribution < -0.4 is 31.6 Å². The first-order valence-electron chi connectivity index (χ1n) is 19.7. The molecule has 0 aliphatic carbocycles. The molecule has 354 valence electrons. The molecule has 0 bridgehead atoms. The third kappa shape index (κ3) is 23.0. The molecule has 21 nitrogen and oxygen atoms in total. The van der Waals surface area contributed by atoms with Gasteiger partial charge in [-0.25, -0.2) is 21.9 Å². The molecule has 2 atom stereocenters. The Labute approximate surface area is 364 Å². The number of rotatable bonds is 34. The maximum atomic E-state index is 14.7. The number of hydrogen-bond donors (Lipinski definition) is 7. The molecule has 0 radical (unpaired) electrons. The molecule has 0 saturated carbocycles. The highest BCUT2D eigenvalue weighted by atomic mass is 32.2. The van der Waals surface area contributed by atoms with E-state index >= 15 is 0 Å². The van der Waals surface area contributed by atoms with E-state index in [2.05, 4.69) is 20.3 Å². The molecule has 3 amide bonds. The number of nitrogens with two attached hydrogens (primary N) is 2. The van der Waals surface area contributed by atoms with E-state index in [1.807, 2.05) is 0 Å². The standard InChI is InChI=1S/C39H58F2N6O15S/c1-3-55-11-8-44-37(51)33(48)34(49)38(52)45-9-12-56-14-16-58-18-20-60-22-23-61-21-19-59-17-15-57-13-10-46-63(53,54)30-6-4-29(5-7-30)62-35-31(40)25-28(26-32(35)41)24-27(2)36(50)47-39(42)43/h4-7,24-26,33-34,46,48-49H,3,8-23H2,1-2H3,(H,44,51)(H,45,52)(H4,42,43,47,50)/b27-24+/t33-,34-/m1/s1. The Morgan fingerprint density at radius 2 is 1.11 bits per heavy atom. The number of aliphatic hydroxyl groups excluding tert-OH is 2. The fourth-order valence-electron chi connectivity index (χ4n) is 4.75. The maximum Gasteiger partial charge on any atom is 0.275 e. The van der Waals surface area contributed by atoms with Crippen molar-refractivity contribution in [2.45, 2.75) is 31.0 Å². The smallest absolute Gasteiger partial charge is 0.275 e. The zero-order chi connectivity index (χ0) is 46.5. The average Bonchev–Trinajstić information content (AvgIpc) is 3.24. The van der Waals surface area contributed by atoms with Gasteiger partial charge in [0.25, 0.3) is 17.7 Å². The van der Waals surface area contributed by atoms with Gasteiger partial charge in [0.05, 0.1) is 90.8 Å². The van der Waals surface area contributed by atoms with E-state index in [4.69, 9.17) is 49.4 Å². The molecule has 0 aliphatic rings. The molecule has 0 aliphatic heterocycles. The predicted molar refractivity (Wildman–Crippen MR) is 222 cm³/mol. The minimum Gasteiger partial charge on any atom is -0.451 e. The molecule has 0 fully saturated rings. The molecule has 2 aromatic rings. The third-order valence-electron chi connectivity index (χ3n) is 7.86. The molecular formula is C39H58F2N6O15S. The Hall–Kier alpha value is -4.73. The minimum atomic E-state index is -3.93. The Morgan fingerprint density at radius 1 is 0.698 bits per heavy atom. The maximum absolute atomic E-state index is 14.7. The van der Waals surface area contributed by atoms with Crippen LogP contribution in [0.5, 0.6) is 11.5 Å². The van der Waals surface area contributed by atoms with Gasteiger partial charge in [-0.3, -0.25) is 14.4 Å². The quantitative estimate of drug-likeness (QED) is 0.0198. The highest BCUT2D eigenvalue weighted by molar-refractivity contribution is 7.89. The Balaban J connectivity index is 1.45. The SMILES string of the molecule is CCOCCNC(=O)[C@H](O)[C@@H](O)C(=O)NCCOCCOCCOCCOCCOCCOCCNS(=O)(=O)c1ccc(Oc2c(F)cc(/C=C(\C)C(=O)N=C(N)N)cc2F)cc1. The molecule has 63 heavy (non-hydrogen) atoms. The van der Waals surface area contributed by atoms with E-state index in [1.165, 1.54) is 37.3 Å². The number of nitrogens with one attached hydrogen (secondary N) is 3. The number of nitrogens with zero attached hydrogens (tertiary/aromatic N) is 1. The van der Waals surface area contributed by atoms with Crippen LogP contribution in [0.4, 0.5) is 8.78 Å². The average molecular weight is 921 g/mol. The number of hydrogen-bond acceptors (Lipinski definition) is 15. The molecule has 0 unspecified atom stereocenters. The number of guanidine groups is 1. The van der Waals surface area contributed by atoms with Crippen molar-refractivity contribution in [3.63, 3.8) is 0 Å². The van der Waals surface area contributed by atoms with Crippen LogP contribution in [0.1, 0.15) is 19.4 Å². The van der Waals surface area contributed by atoms with Crippen molar-refractivity contribution in [1.82, 2.24) is 15.4 Å². The van der Waals surface area contributed by atoms with Gasteiger partial charge in [-0.05, 0) is 61.9 Å². The Bertz CT molecular complexity index is 1830. The number of carbonyl (C=O) groups is 3. The summed E-state index contributed by atoms with van der Waals surface area (Å²) >= 11 is 0. The van der Waals surface area contributed by atoms with Crippen molar-refractivity contribution < 1.29 is 79.7 Å². The van der Waals surface area contributed by atoms with E-state index < -0.39 is 63.3 Å². The fraction of sp³-hybridized carbons (Fsp3) is 0.538. The molecule has 9 N–H and O–H groups in total. The summed E-state index contributed by atoms with van der Waals surface area (Å²) in [5.74, 6) is -5.92. The Morgan fingerprint density at radius 3 is 1.54 bits per heavy atom. The fourth-order valence-corrected chi connectivity index (χ4v) is 5.76. The van der Waals surface area contributed by atoms with Gasteiger partial charge >= 0.3 is 0 Å². The first-order chi connectivity index (χ1) is 30.2. The molecule has 0 saturated heterocycles. The van der Waals surface area contributed by atoms with Gasteiger partial charge in [-0.15, -0.1) is 0 Å². The van der Waals surface area contributed by atoms with E-state index in [9.17, 15) is 41.8 Å². The van der Waals surface area contributed by atoms with Crippen molar-refractivity contribution in [2.75, 3.05) is 112 Å². The van der Waals surface area contributed by atoms with Gasteiger partial charge in [-0.1, -0.05) is 0 Å². The van der Waals surface area contributed by atoms with Crippen LogP contribution in [0.2, 0.25) is 0 Å². The van der Waals surface area contributed by atoms with Crippen molar-refractivity contribution in [1.29, 1.82) is 0 Å². The van der Waals surface area contributed by atoms with Gasteiger partial charge in [0.2, 0.25) is 10.0 Å². The summed E-state index contributed by atoms with van der Waals surface area (Å²) in [4.78, 5) is 38.8. The normalized spacial score (nSPS) is 12.7. The topological polar surface area (TPSA) is 300 Å². The minimum absolute atomic E-state index is 0.0181. The first kappa shape index (κ1) is 54.4. The van der Waals surface area contributed by atoms with Crippen LogP contribution in [-0.2, 0) is 57.6 Å². The van der Waals surface area contributed by atoms with E-state index in [0.29, 0.717) is 46.2 Å². The summed E-state index contributed by atoms with van der Waals surface area (Å²) < 4.78 is 99.9. The number of aliphatic hydroxyl groups is 2. The molecule has 24 heteroatoms. The number of carbonyl (C=O) groups excluding carboxylic acids is 3. The van der Waals surface area contributed by atoms with Gasteiger partial charge in [0.15, 0.2) is 35.6 Å². The number of benzene rings is 2. The van der Waals surface area contributed by atoms with Crippen LogP contribution in [0.3, 0.4) is 0 Å².